The third-order valence-electron chi connectivity index (χ3n) is 2.01. The largest absolute Gasteiger partial charge is 0.495 e. The van der Waals surface area contributed by atoms with Crippen LogP contribution in [0.3, 0.4) is 0 Å². The van der Waals surface area contributed by atoms with Gasteiger partial charge in [0, 0.05) is 0 Å². The Morgan fingerprint density at radius 1 is 1.32 bits per heavy atom. The molecule has 0 aliphatic carbocycles. The van der Waals surface area contributed by atoms with Crippen LogP contribution in [0.15, 0.2) is 23.1 Å². The summed E-state index contributed by atoms with van der Waals surface area (Å²) in [6.07, 6.45) is -4.63. The zero-order chi connectivity index (χ0) is 14.7. The predicted molar refractivity (Wildman–Crippen MR) is 60.1 cm³/mol. The number of sulfonamides is 1. The molecule has 0 aromatic heterocycles. The smallest absolute Gasteiger partial charge is 0.413 e. The quantitative estimate of drug-likeness (QED) is 0.842. The van der Waals surface area contributed by atoms with Crippen molar-refractivity contribution in [3.63, 3.8) is 0 Å². The first-order valence-corrected chi connectivity index (χ1v) is 6.49. The van der Waals surface area contributed by atoms with Crippen LogP contribution >= 0.6 is 0 Å². The molecule has 19 heavy (non-hydrogen) atoms. The van der Waals surface area contributed by atoms with Crippen LogP contribution in [-0.4, -0.2) is 28.3 Å². The SMILES string of the molecule is COc1ccc(C)cc1S(=O)(=O)NOCC(F)(F)F. The van der Waals surface area contributed by atoms with E-state index in [0.717, 1.165) is 0 Å². The van der Waals surface area contributed by atoms with Crippen molar-refractivity contribution < 1.29 is 31.2 Å². The molecule has 108 valence electrons. The number of halogens is 3. The first-order valence-electron chi connectivity index (χ1n) is 5.01. The second kappa shape index (κ2) is 5.76. The van der Waals surface area contributed by atoms with E-state index in [4.69, 9.17) is 4.74 Å². The second-order valence-corrected chi connectivity index (χ2v) is 5.26. The minimum Gasteiger partial charge on any atom is -0.495 e. The first-order chi connectivity index (χ1) is 8.65. The molecule has 1 N–H and O–H groups in total. The van der Waals surface area contributed by atoms with Crippen molar-refractivity contribution in [3.8, 4) is 5.75 Å². The summed E-state index contributed by atoms with van der Waals surface area (Å²) in [4.78, 5) is 5.05. The third-order valence-corrected chi connectivity index (χ3v) is 3.25. The number of alkyl halides is 3. The maximum absolute atomic E-state index is 11.9. The van der Waals surface area contributed by atoms with Crippen molar-refractivity contribution in [1.82, 2.24) is 4.89 Å². The predicted octanol–water partition coefficient (Wildman–Crippen LogP) is 1.78. The summed E-state index contributed by atoms with van der Waals surface area (Å²) in [6.45, 7) is -0.0879. The van der Waals surface area contributed by atoms with Gasteiger partial charge in [-0.15, -0.1) is 0 Å². The molecule has 0 saturated carbocycles. The van der Waals surface area contributed by atoms with Gasteiger partial charge in [-0.2, -0.15) is 13.2 Å². The summed E-state index contributed by atoms with van der Waals surface area (Å²) in [5, 5.41) is 0. The van der Waals surface area contributed by atoms with E-state index in [-0.39, 0.29) is 10.6 Å². The Labute approximate surface area is 108 Å². The Bertz CT molecular complexity index is 542. The summed E-state index contributed by atoms with van der Waals surface area (Å²) < 4.78 is 63.9. The van der Waals surface area contributed by atoms with E-state index in [0.29, 0.717) is 5.56 Å². The van der Waals surface area contributed by atoms with Gasteiger partial charge in [0.15, 0.2) is 6.61 Å². The number of hydrogen-bond donors (Lipinski definition) is 1. The molecular weight excluding hydrogens is 287 g/mol. The monoisotopic (exact) mass is 299 g/mol. The van der Waals surface area contributed by atoms with Crippen LogP contribution in [0.5, 0.6) is 5.75 Å². The fourth-order valence-electron chi connectivity index (χ4n) is 1.23. The number of hydrogen-bond acceptors (Lipinski definition) is 4. The summed E-state index contributed by atoms with van der Waals surface area (Å²) in [7, 11) is -2.99. The highest BCUT2D eigenvalue weighted by Crippen LogP contribution is 2.24. The zero-order valence-electron chi connectivity index (χ0n) is 10.1. The highest BCUT2D eigenvalue weighted by Gasteiger charge is 2.29. The molecule has 9 heteroatoms. The molecule has 0 atom stereocenters. The highest BCUT2D eigenvalue weighted by molar-refractivity contribution is 7.89. The van der Waals surface area contributed by atoms with Crippen molar-refractivity contribution in [2.45, 2.75) is 18.0 Å². The van der Waals surface area contributed by atoms with Crippen LogP contribution in [0.1, 0.15) is 5.56 Å². The van der Waals surface area contributed by atoms with Gasteiger partial charge in [0.25, 0.3) is 10.0 Å². The summed E-state index contributed by atoms with van der Waals surface area (Å²) >= 11 is 0. The lowest BCUT2D eigenvalue weighted by Crippen LogP contribution is -2.29. The fourth-order valence-corrected chi connectivity index (χ4v) is 2.29. The topological polar surface area (TPSA) is 64.6 Å². The van der Waals surface area contributed by atoms with E-state index in [1.165, 1.54) is 24.1 Å². The lowest BCUT2D eigenvalue weighted by atomic mass is 10.2. The van der Waals surface area contributed by atoms with E-state index in [1.807, 2.05) is 0 Å². The Hall–Kier alpha value is -1.32. The van der Waals surface area contributed by atoms with E-state index in [9.17, 15) is 21.6 Å². The van der Waals surface area contributed by atoms with Gasteiger partial charge in [-0.3, -0.25) is 4.84 Å². The van der Waals surface area contributed by atoms with Crippen LogP contribution in [-0.2, 0) is 14.9 Å². The van der Waals surface area contributed by atoms with Gasteiger partial charge in [-0.1, -0.05) is 11.0 Å². The van der Waals surface area contributed by atoms with Crippen LogP contribution < -0.4 is 9.62 Å². The van der Waals surface area contributed by atoms with Crippen molar-refractivity contribution >= 4 is 10.0 Å². The Kier molecular flexibility index (Phi) is 4.77. The fraction of sp³-hybridized carbons (Fsp3) is 0.400. The molecule has 0 heterocycles. The van der Waals surface area contributed by atoms with E-state index >= 15 is 0 Å². The minimum atomic E-state index is -4.63. The van der Waals surface area contributed by atoms with Crippen LogP contribution in [0.2, 0.25) is 0 Å². The number of aryl methyl sites for hydroxylation is 1. The molecule has 0 amide bonds. The lowest BCUT2D eigenvalue weighted by molar-refractivity contribution is -0.181. The van der Waals surface area contributed by atoms with E-state index in [2.05, 4.69) is 4.84 Å². The van der Waals surface area contributed by atoms with Gasteiger partial charge in [-0.25, -0.2) is 8.42 Å². The maximum Gasteiger partial charge on any atom is 0.413 e. The molecule has 0 spiro atoms. The second-order valence-electron chi connectivity index (χ2n) is 3.64. The van der Waals surface area contributed by atoms with E-state index < -0.39 is 22.8 Å². The Balaban J connectivity index is 2.91. The van der Waals surface area contributed by atoms with Gasteiger partial charge in [0.05, 0.1) is 7.11 Å². The molecule has 0 aliphatic rings. The summed E-state index contributed by atoms with van der Waals surface area (Å²) in [5.41, 5.74) is 0.608. The standard InChI is InChI=1S/C10H12F3NO4S/c1-7-3-4-8(17-2)9(5-7)19(15,16)14-18-6-10(11,12)13/h3-5,14H,6H2,1-2H3. The van der Waals surface area contributed by atoms with Gasteiger partial charge in [-0.05, 0) is 24.6 Å². The molecule has 0 fully saturated rings. The Morgan fingerprint density at radius 3 is 2.47 bits per heavy atom. The van der Waals surface area contributed by atoms with Crippen molar-refractivity contribution in [2.24, 2.45) is 0 Å². The lowest BCUT2D eigenvalue weighted by Gasteiger charge is -2.12. The van der Waals surface area contributed by atoms with Crippen LogP contribution in [0, 0.1) is 6.92 Å². The van der Waals surface area contributed by atoms with Crippen LogP contribution in [0.25, 0.3) is 0 Å². The summed E-state index contributed by atoms with van der Waals surface area (Å²) in [6, 6.07) is 4.26. The number of ether oxygens (including phenoxy) is 1. The number of benzene rings is 1. The molecule has 0 unspecified atom stereocenters. The number of rotatable bonds is 5. The number of nitrogens with one attached hydrogen (secondary N) is 1. The molecule has 1 aromatic rings. The molecule has 1 rings (SSSR count). The van der Waals surface area contributed by atoms with Gasteiger partial charge < -0.3 is 4.74 Å². The average Bonchev–Trinajstić information content (AvgIpc) is 2.27. The molecule has 5 nitrogen and oxygen atoms in total. The molecular formula is C10H12F3NO4S. The molecule has 0 saturated heterocycles. The highest BCUT2D eigenvalue weighted by atomic mass is 32.2. The van der Waals surface area contributed by atoms with Crippen molar-refractivity contribution in [1.29, 1.82) is 0 Å². The van der Waals surface area contributed by atoms with Gasteiger partial charge >= 0.3 is 6.18 Å². The van der Waals surface area contributed by atoms with Crippen molar-refractivity contribution in [3.05, 3.63) is 23.8 Å². The molecule has 0 aliphatic heterocycles. The number of methoxy groups -OCH3 is 1. The minimum absolute atomic E-state index is 0.00806. The zero-order valence-corrected chi connectivity index (χ0v) is 10.9. The third kappa shape index (κ3) is 4.69. The van der Waals surface area contributed by atoms with Gasteiger partial charge in [0.1, 0.15) is 10.6 Å². The van der Waals surface area contributed by atoms with Crippen molar-refractivity contribution in [2.75, 3.05) is 13.7 Å². The Morgan fingerprint density at radius 2 is 1.95 bits per heavy atom. The summed E-state index contributed by atoms with van der Waals surface area (Å²) in [5.74, 6) is 0.00806. The average molecular weight is 299 g/mol. The van der Waals surface area contributed by atoms with E-state index in [1.54, 1.807) is 13.0 Å². The molecule has 1 aromatic carbocycles. The molecule has 0 radical (unpaired) electrons. The molecule has 0 bridgehead atoms. The normalized spacial score (nSPS) is 12.5. The van der Waals surface area contributed by atoms with Gasteiger partial charge in [0.2, 0.25) is 0 Å². The first kappa shape index (κ1) is 15.7. The van der Waals surface area contributed by atoms with Crippen LogP contribution in [0.4, 0.5) is 13.2 Å². The maximum atomic E-state index is 11.9.